The summed E-state index contributed by atoms with van der Waals surface area (Å²) in [6.45, 7) is 9.69. The number of carbonyl (C=O) groups is 1. The molecule has 152 valence electrons. The van der Waals surface area contributed by atoms with Crippen LogP contribution in [0.5, 0.6) is 5.75 Å². The summed E-state index contributed by atoms with van der Waals surface area (Å²) in [6, 6.07) is 12.2. The summed E-state index contributed by atoms with van der Waals surface area (Å²) < 4.78 is 33.2. The quantitative estimate of drug-likeness (QED) is 0.694. The molecule has 0 spiro atoms. The van der Waals surface area contributed by atoms with Crippen molar-refractivity contribution in [3.63, 3.8) is 0 Å². The highest BCUT2D eigenvalue weighted by molar-refractivity contribution is 7.89. The van der Waals surface area contributed by atoms with Gasteiger partial charge in [-0.25, -0.2) is 13.1 Å². The highest BCUT2D eigenvalue weighted by Crippen LogP contribution is 2.18. The van der Waals surface area contributed by atoms with Gasteiger partial charge in [0.25, 0.3) is 5.91 Å². The topological polar surface area (TPSA) is 84.5 Å². The Morgan fingerprint density at radius 3 is 2.29 bits per heavy atom. The summed E-state index contributed by atoms with van der Waals surface area (Å²) in [7, 11) is -3.71. The summed E-state index contributed by atoms with van der Waals surface area (Å²) in [4.78, 5) is 12.6. The van der Waals surface area contributed by atoms with Crippen molar-refractivity contribution in [3.05, 3.63) is 59.2 Å². The van der Waals surface area contributed by atoms with Gasteiger partial charge in [0.05, 0.1) is 11.4 Å². The number of carbonyl (C=O) groups excluding carboxylic acids is 1. The summed E-state index contributed by atoms with van der Waals surface area (Å²) in [5, 5.41) is 2.77. The van der Waals surface area contributed by atoms with Crippen molar-refractivity contribution in [2.24, 2.45) is 0 Å². The Kier molecular flexibility index (Phi) is 6.85. The fourth-order valence-electron chi connectivity index (χ4n) is 2.54. The lowest BCUT2D eigenvalue weighted by Gasteiger charge is -2.20. The van der Waals surface area contributed by atoms with Gasteiger partial charge >= 0.3 is 0 Å². The minimum absolute atomic E-state index is 0.0640. The van der Waals surface area contributed by atoms with Crippen LogP contribution in [0.3, 0.4) is 0 Å². The molecule has 0 bridgehead atoms. The molecule has 0 unspecified atom stereocenters. The number of hydrogen-bond acceptors (Lipinski definition) is 4. The predicted molar refractivity (Wildman–Crippen MR) is 110 cm³/mol. The Balaban J connectivity index is 2.01. The Labute approximate surface area is 167 Å². The van der Waals surface area contributed by atoms with E-state index < -0.39 is 15.6 Å². The number of ether oxygens (including phenoxy) is 1. The Morgan fingerprint density at radius 2 is 1.68 bits per heavy atom. The summed E-state index contributed by atoms with van der Waals surface area (Å²) >= 11 is 0. The Morgan fingerprint density at radius 1 is 1.04 bits per heavy atom. The number of benzene rings is 2. The van der Waals surface area contributed by atoms with Gasteiger partial charge in [0.15, 0.2) is 0 Å². The summed E-state index contributed by atoms with van der Waals surface area (Å²) in [6.07, 6.45) is 0. The van der Waals surface area contributed by atoms with E-state index >= 15 is 0 Å². The first-order chi connectivity index (χ1) is 13.0. The van der Waals surface area contributed by atoms with E-state index in [1.807, 2.05) is 31.2 Å². The molecule has 2 rings (SSSR count). The van der Waals surface area contributed by atoms with Gasteiger partial charge < -0.3 is 10.1 Å². The van der Waals surface area contributed by atoms with E-state index in [9.17, 15) is 13.2 Å². The highest BCUT2D eigenvalue weighted by atomic mass is 32.2. The highest BCUT2D eigenvalue weighted by Gasteiger charge is 2.23. The minimum atomic E-state index is -3.71. The molecule has 0 saturated carbocycles. The van der Waals surface area contributed by atoms with Gasteiger partial charge in [-0.3, -0.25) is 4.79 Å². The van der Waals surface area contributed by atoms with Crippen molar-refractivity contribution in [2.75, 3.05) is 13.2 Å². The molecular formula is C21H28N2O4S. The van der Waals surface area contributed by atoms with Gasteiger partial charge in [-0.15, -0.1) is 0 Å². The predicted octanol–water partition coefficient (Wildman–Crippen LogP) is 3.19. The van der Waals surface area contributed by atoms with Crippen LogP contribution in [0, 0.1) is 13.8 Å². The van der Waals surface area contributed by atoms with Crippen molar-refractivity contribution < 1.29 is 17.9 Å². The van der Waals surface area contributed by atoms with Crippen LogP contribution in [0.25, 0.3) is 0 Å². The van der Waals surface area contributed by atoms with Crippen molar-refractivity contribution >= 4 is 15.9 Å². The molecule has 0 atom stereocenters. The van der Waals surface area contributed by atoms with Gasteiger partial charge in [-0.2, -0.15) is 0 Å². The largest absolute Gasteiger partial charge is 0.492 e. The molecule has 0 aromatic heterocycles. The number of rotatable bonds is 7. The molecule has 2 aromatic rings. The molecule has 0 aliphatic carbocycles. The maximum atomic E-state index is 12.5. The third kappa shape index (κ3) is 6.35. The molecule has 0 aliphatic rings. The van der Waals surface area contributed by atoms with E-state index in [1.165, 1.54) is 12.1 Å². The molecular weight excluding hydrogens is 376 g/mol. The van der Waals surface area contributed by atoms with Crippen LogP contribution in [0.15, 0.2) is 47.4 Å². The van der Waals surface area contributed by atoms with E-state index in [1.54, 1.807) is 33.8 Å². The van der Waals surface area contributed by atoms with Gasteiger partial charge in [-0.05, 0) is 64.4 Å². The minimum Gasteiger partial charge on any atom is -0.492 e. The lowest BCUT2D eigenvalue weighted by molar-refractivity contribution is 0.0946. The zero-order chi connectivity index (χ0) is 20.9. The van der Waals surface area contributed by atoms with Crippen LogP contribution in [0.4, 0.5) is 0 Å². The third-order valence-corrected chi connectivity index (χ3v) is 5.64. The normalized spacial score (nSPS) is 11.9. The average molecular weight is 405 g/mol. The standard InChI is InChI=1S/C21H28N2O4S/c1-15-6-9-17(10-7-15)27-13-12-22-20(24)19-14-18(11-8-16(19)2)28(25,26)23-21(3,4)5/h6-11,14,23H,12-13H2,1-5H3,(H,22,24). The molecule has 6 nitrogen and oxygen atoms in total. The van der Waals surface area contributed by atoms with Crippen LogP contribution < -0.4 is 14.8 Å². The van der Waals surface area contributed by atoms with E-state index in [2.05, 4.69) is 10.0 Å². The van der Waals surface area contributed by atoms with E-state index in [-0.39, 0.29) is 10.8 Å². The number of amides is 1. The Hall–Kier alpha value is -2.38. The van der Waals surface area contributed by atoms with E-state index in [0.29, 0.717) is 24.3 Å². The monoisotopic (exact) mass is 404 g/mol. The molecule has 7 heteroatoms. The van der Waals surface area contributed by atoms with Gasteiger partial charge in [0, 0.05) is 11.1 Å². The fourth-order valence-corrected chi connectivity index (χ4v) is 3.98. The second-order valence-corrected chi connectivity index (χ2v) is 9.43. The van der Waals surface area contributed by atoms with E-state index in [0.717, 1.165) is 11.3 Å². The second-order valence-electron chi connectivity index (χ2n) is 7.75. The Bertz CT molecular complexity index is 930. The lowest BCUT2D eigenvalue weighted by Crippen LogP contribution is -2.40. The molecule has 0 aliphatic heterocycles. The first-order valence-electron chi connectivity index (χ1n) is 9.10. The SMILES string of the molecule is Cc1ccc(OCCNC(=O)c2cc(S(=O)(=O)NC(C)(C)C)ccc2C)cc1. The van der Waals surface area contributed by atoms with Crippen LogP contribution in [-0.2, 0) is 10.0 Å². The maximum absolute atomic E-state index is 12.5. The second kappa shape index (κ2) is 8.75. The lowest BCUT2D eigenvalue weighted by atomic mass is 10.1. The van der Waals surface area contributed by atoms with Gasteiger partial charge in [0.1, 0.15) is 12.4 Å². The number of aryl methyl sites for hydroxylation is 2. The first kappa shape index (κ1) is 21.9. The molecule has 2 aromatic carbocycles. The molecule has 0 fully saturated rings. The van der Waals surface area contributed by atoms with Gasteiger partial charge in [-0.1, -0.05) is 23.8 Å². The molecule has 2 N–H and O–H groups in total. The molecule has 1 amide bonds. The third-order valence-electron chi connectivity index (χ3n) is 3.88. The fraction of sp³-hybridized carbons (Fsp3) is 0.381. The van der Waals surface area contributed by atoms with Crippen molar-refractivity contribution in [1.82, 2.24) is 10.0 Å². The maximum Gasteiger partial charge on any atom is 0.251 e. The van der Waals surface area contributed by atoms with Crippen molar-refractivity contribution in [3.8, 4) is 5.75 Å². The van der Waals surface area contributed by atoms with E-state index in [4.69, 9.17) is 4.74 Å². The van der Waals surface area contributed by atoms with Crippen molar-refractivity contribution in [2.45, 2.75) is 45.1 Å². The van der Waals surface area contributed by atoms with Crippen LogP contribution in [0.1, 0.15) is 42.3 Å². The zero-order valence-corrected chi connectivity index (χ0v) is 17.8. The number of sulfonamides is 1. The average Bonchev–Trinajstić information content (AvgIpc) is 2.58. The van der Waals surface area contributed by atoms with Crippen LogP contribution in [0.2, 0.25) is 0 Å². The first-order valence-corrected chi connectivity index (χ1v) is 10.6. The van der Waals surface area contributed by atoms with Crippen LogP contribution in [-0.4, -0.2) is 33.0 Å². The molecule has 0 saturated heterocycles. The molecule has 0 radical (unpaired) electrons. The smallest absolute Gasteiger partial charge is 0.251 e. The summed E-state index contributed by atoms with van der Waals surface area (Å²) in [5.74, 6) is 0.398. The number of nitrogens with one attached hydrogen (secondary N) is 2. The van der Waals surface area contributed by atoms with Crippen molar-refractivity contribution in [1.29, 1.82) is 0 Å². The van der Waals surface area contributed by atoms with Gasteiger partial charge in [0.2, 0.25) is 10.0 Å². The molecule has 28 heavy (non-hydrogen) atoms. The summed E-state index contributed by atoms with van der Waals surface area (Å²) in [5.41, 5.74) is 1.56. The van der Waals surface area contributed by atoms with Crippen LogP contribution >= 0.6 is 0 Å². The number of hydrogen-bond donors (Lipinski definition) is 2. The zero-order valence-electron chi connectivity index (χ0n) is 17.0. The molecule has 0 heterocycles.